The Kier molecular flexibility index (Phi) is 9.23. The monoisotopic (exact) mass is 760 g/mol. The van der Waals surface area contributed by atoms with Crippen molar-refractivity contribution in [3.63, 3.8) is 0 Å². The number of halogens is 3. The molecule has 0 radical (unpaired) electrons. The third-order valence-electron chi connectivity index (χ3n) is 9.33. The molecule has 0 bridgehead atoms. The Balaban J connectivity index is 1.41. The van der Waals surface area contributed by atoms with Gasteiger partial charge in [-0.3, -0.25) is 9.59 Å². The van der Waals surface area contributed by atoms with Crippen LogP contribution in [0.3, 0.4) is 0 Å². The number of nitrogens with zero attached hydrogens (tertiary/aromatic N) is 2. The average Bonchev–Trinajstić information content (AvgIpc) is 3.30. The largest absolute Gasteiger partial charge is 0.490 e. The van der Waals surface area contributed by atoms with E-state index in [0.29, 0.717) is 60.5 Å². The van der Waals surface area contributed by atoms with Crippen molar-refractivity contribution in [3.05, 3.63) is 91.0 Å². The second kappa shape index (κ2) is 13.0. The Morgan fingerprint density at radius 1 is 1.02 bits per heavy atom. The lowest BCUT2D eigenvalue weighted by molar-refractivity contribution is -0.131. The number of fused-ring (bicyclic) bond motifs is 2. The minimum atomic E-state index is -1.21. The predicted octanol–water partition coefficient (Wildman–Crippen LogP) is 7.14. The second-order valence-electron chi connectivity index (χ2n) is 11.8. The van der Waals surface area contributed by atoms with Crippen molar-refractivity contribution in [3.8, 4) is 5.75 Å². The summed E-state index contributed by atoms with van der Waals surface area (Å²) in [5.74, 6) is -0.297. The maximum atomic E-state index is 14.4. The number of rotatable bonds is 6. The zero-order valence-corrected chi connectivity index (χ0v) is 28.8. The highest BCUT2D eigenvalue weighted by atomic mass is 127. The first kappa shape index (κ1) is 31.9. The smallest absolute Gasteiger partial charge is 0.319 e. The van der Waals surface area contributed by atoms with Crippen molar-refractivity contribution in [1.29, 1.82) is 0 Å². The SMILES string of the molecule is CCN(CC)C(=O)N1CCC(Oc2ccc(I)cc2C2NC(=O)CC(c3cccc(Cl)c3)C23C(=O)Nc2cc(Cl)ccc23)CC1. The number of likely N-dealkylation sites (tertiary alicyclic amines) is 1. The highest BCUT2D eigenvalue weighted by molar-refractivity contribution is 14.1. The van der Waals surface area contributed by atoms with Crippen molar-refractivity contribution in [2.24, 2.45) is 0 Å². The lowest BCUT2D eigenvalue weighted by Crippen LogP contribution is -2.57. The standard InChI is InChI=1S/C34H35Cl2IN4O4/c1-3-40(4-2)33(44)41-14-12-24(13-15-41)45-29-11-9-23(37)18-25(29)31-34(26-10-8-22(36)17-28(26)38-32(34)43)27(19-30(42)39-31)20-6-5-7-21(35)16-20/h5-11,16-18,24,27,31H,3-4,12-15,19H2,1-2H3,(H,38,43)(H,39,42). The van der Waals surface area contributed by atoms with Crippen LogP contribution in [-0.2, 0) is 15.0 Å². The van der Waals surface area contributed by atoms with Crippen LogP contribution in [0.1, 0.15) is 61.8 Å². The normalized spacial score (nSPS) is 23.0. The molecule has 0 saturated carbocycles. The number of carbonyl (C=O) groups excluding carboxylic acids is 3. The molecule has 2 saturated heterocycles. The van der Waals surface area contributed by atoms with E-state index in [1.807, 2.05) is 66.1 Å². The van der Waals surface area contributed by atoms with Crippen LogP contribution in [0.4, 0.5) is 10.5 Å². The molecule has 3 unspecified atom stereocenters. The van der Waals surface area contributed by atoms with Crippen LogP contribution < -0.4 is 15.4 Å². The number of amides is 4. The van der Waals surface area contributed by atoms with Gasteiger partial charge in [-0.05, 0) is 90.0 Å². The number of ether oxygens (including phenoxy) is 1. The fourth-order valence-corrected chi connectivity index (χ4v) is 8.05. The van der Waals surface area contributed by atoms with Gasteiger partial charge >= 0.3 is 6.03 Å². The number of anilines is 1. The van der Waals surface area contributed by atoms with Gasteiger partial charge in [0.05, 0.1) is 6.04 Å². The van der Waals surface area contributed by atoms with Crippen LogP contribution >= 0.6 is 45.8 Å². The first-order valence-electron chi connectivity index (χ1n) is 15.3. The molecule has 3 aromatic rings. The summed E-state index contributed by atoms with van der Waals surface area (Å²) in [5, 5.41) is 7.33. The molecule has 3 aliphatic rings. The van der Waals surface area contributed by atoms with Gasteiger partial charge in [-0.25, -0.2) is 4.79 Å². The molecule has 6 rings (SSSR count). The van der Waals surface area contributed by atoms with Crippen LogP contribution in [0.2, 0.25) is 10.0 Å². The van der Waals surface area contributed by atoms with Gasteiger partial charge in [-0.1, -0.05) is 41.4 Å². The Morgan fingerprint density at radius 3 is 2.47 bits per heavy atom. The molecule has 3 atom stereocenters. The van der Waals surface area contributed by atoms with Crippen molar-refractivity contribution < 1.29 is 19.1 Å². The van der Waals surface area contributed by atoms with Gasteiger partial charge in [0.1, 0.15) is 17.3 Å². The Morgan fingerprint density at radius 2 is 1.76 bits per heavy atom. The van der Waals surface area contributed by atoms with Crippen LogP contribution in [-0.4, -0.2) is 59.9 Å². The zero-order chi connectivity index (χ0) is 31.9. The van der Waals surface area contributed by atoms with Crippen LogP contribution in [0.5, 0.6) is 5.75 Å². The van der Waals surface area contributed by atoms with E-state index in [-0.39, 0.29) is 30.4 Å². The van der Waals surface area contributed by atoms with E-state index in [1.54, 1.807) is 18.2 Å². The summed E-state index contributed by atoms with van der Waals surface area (Å²) in [5.41, 5.74) is 1.71. The van der Waals surface area contributed by atoms with Gasteiger partial charge < -0.3 is 25.2 Å². The number of hydrogen-bond acceptors (Lipinski definition) is 4. The molecule has 8 nitrogen and oxygen atoms in total. The number of carbonyl (C=O) groups is 3. The molecular weight excluding hydrogens is 726 g/mol. The quantitative estimate of drug-likeness (QED) is 0.262. The summed E-state index contributed by atoms with van der Waals surface area (Å²) in [6.07, 6.45) is 1.32. The van der Waals surface area contributed by atoms with E-state index in [2.05, 4.69) is 33.2 Å². The maximum Gasteiger partial charge on any atom is 0.319 e. The lowest BCUT2D eigenvalue weighted by atomic mass is 9.59. The Labute approximate surface area is 286 Å². The summed E-state index contributed by atoms with van der Waals surface area (Å²) in [6.45, 7) is 6.51. The van der Waals surface area contributed by atoms with Gasteiger partial charge in [0.25, 0.3) is 0 Å². The van der Waals surface area contributed by atoms with E-state index in [0.717, 1.165) is 20.3 Å². The third kappa shape index (κ3) is 5.87. The molecule has 45 heavy (non-hydrogen) atoms. The number of hydrogen-bond donors (Lipinski definition) is 2. The van der Waals surface area contributed by atoms with E-state index in [4.69, 9.17) is 27.9 Å². The van der Waals surface area contributed by atoms with Gasteiger partial charge in [-0.2, -0.15) is 0 Å². The fourth-order valence-electron chi connectivity index (χ4n) is 7.16. The van der Waals surface area contributed by atoms with E-state index in [1.165, 1.54) is 0 Å². The molecule has 2 fully saturated rings. The number of urea groups is 1. The predicted molar refractivity (Wildman–Crippen MR) is 184 cm³/mol. The molecular formula is C34H35Cl2IN4O4. The highest BCUT2D eigenvalue weighted by Gasteiger charge is 2.61. The summed E-state index contributed by atoms with van der Waals surface area (Å²) < 4.78 is 7.64. The average molecular weight is 761 g/mol. The number of benzene rings is 3. The minimum absolute atomic E-state index is 0.0540. The topological polar surface area (TPSA) is 91.0 Å². The van der Waals surface area contributed by atoms with Gasteiger partial charge in [0.2, 0.25) is 11.8 Å². The minimum Gasteiger partial charge on any atom is -0.490 e. The number of nitrogens with one attached hydrogen (secondary N) is 2. The molecule has 3 aliphatic heterocycles. The molecule has 3 heterocycles. The van der Waals surface area contributed by atoms with Crippen molar-refractivity contribution in [2.75, 3.05) is 31.5 Å². The van der Waals surface area contributed by atoms with E-state index >= 15 is 0 Å². The van der Waals surface area contributed by atoms with Crippen molar-refractivity contribution >= 4 is 69.3 Å². The first-order chi connectivity index (χ1) is 21.6. The Hall–Kier alpha value is -3.02. The lowest BCUT2D eigenvalue weighted by Gasteiger charge is -2.47. The number of piperidine rings is 2. The third-order valence-corrected chi connectivity index (χ3v) is 10.5. The first-order valence-corrected chi connectivity index (χ1v) is 17.1. The molecule has 3 aromatic carbocycles. The molecule has 0 aliphatic carbocycles. The highest BCUT2D eigenvalue weighted by Crippen LogP contribution is 2.58. The maximum absolute atomic E-state index is 14.4. The van der Waals surface area contributed by atoms with Gasteiger partial charge in [0, 0.05) is 76.2 Å². The zero-order valence-electron chi connectivity index (χ0n) is 25.1. The molecule has 4 amide bonds. The molecule has 2 N–H and O–H groups in total. The molecule has 1 spiro atoms. The molecule has 236 valence electrons. The summed E-state index contributed by atoms with van der Waals surface area (Å²) in [7, 11) is 0. The second-order valence-corrected chi connectivity index (χ2v) is 13.9. The van der Waals surface area contributed by atoms with E-state index in [9.17, 15) is 14.4 Å². The van der Waals surface area contributed by atoms with Gasteiger partial charge in [-0.15, -0.1) is 0 Å². The van der Waals surface area contributed by atoms with Crippen molar-refractivity contribution in [2.45, 2.75) is 56.6 Å². The summed E-state index contributed by atoms with van der Waals surface area (Å²) in [6, 6.07) is 18.0. The van der Waals surface area contributed by atoms with Crippen molar-refractivity contribution in [1.82, 2.24) is 15.1 Å². The Bertz CT molecular complexity index is 1640. The fraction of sp³-hybridized carbons (Fsp3) is 0.382. The summed E-state index contributed by atoms with van der Waals surface area (Å²) >= 11 is 15.1. The van der Waals surface area contributed by atoms with E-state index < -0.39 is 17.4 Å². The summed E-state index contributed by atoms with van der Waals surface area (Å²) in [4.78, 5) is 44.6. The molecule has 0 aromatic heterocycles. The van der Waals surface area contributed by atoms with Crippen LogP contribution in [0, 0.1) is 3.57 Å². The van der Waals surface area contributed by atoms with Crippen LogP contribution in [0.25, 0.3) is 0 Å². The molecule has 11 heteroatoms. The van der Waals surface area contributed by atoms with Crippen LogP contribution in [0.15, 0.2) is 60.7 Å². The van der Waals surface area contributed by atoms with Gasteiger partial charge in [0.15, 0.2) is 0 Å².